The normalized spacial score (nSPS) is 16.0. The third-order valence-electron chi connectivity index (χ3n) is 4.45. The van der Waals surface area contributed by atoms with Crippen LogP contribution in [0.15, 0.2) is 46.9 Å². The Kier molecular flexibility index (Phi) is 6.10. The molecule has 1 saturated heterocycles. The van der Waals surface area contributed by atoms with Crippen molar-refractivity contribution in [2.24, 2.45) is 0 Å². The highest BCUT2D eigenvalue weighted by Crippen LogP contribution is 2.24. The maximum absolute atomic E-state index is 13.7. The first kappa shape index (κ1) is 18.4. The Hall–Kier alpha value is -1.43. The monoisotopic (exact) mass is 424 g/mol. The number of amides is 1. The van der Waals surface area contributed by atoms with E-state index in [1.165, 1.54) is 17.7 Å². The molecule has 6 heteroatoms. The van der Waals surface area contributed by atoms with Crippen LogP contribution < -0.4 is 5.32 Å². The van der Waals surface area contributed by atoms with Gasteiger partial charge < -0.3 is 5.32 Å². The molecule has 0 radical (unpaired) electrons. The minimum absolute atomic E-state index is 0.0806. The molecule has 132 valence electrons. The second-order valence-electron chi connectivity index (χ2n) is 6.24. The van der Waals surface area contributed by atoms with Gasteiger partial charge >= 0.3 is 0 Å². The van der Waals surface area contributed by atoms with Crippen LogP contribution in [0.3, 0.4) is 0 Å². The topological polar surface area (TPSA) is 32.3 Å². The summed E-state index contributed by atoms with van der Waals surface area (Å²) in [4.78, 5) is 14.5. The average Bonchev–Trinajstić information content (AvgIpc) is 2.59. The molecular weight excluding hydrogens is 407 g/mol. The number of rotatable bonds is 4. The summed E-state index contributed by atoms with van der Waals surface area (Å²) in [5, 5.41) is 3.66. The van der Waals surface area contributed by atoms with E-state index < -0.39 is 5.82 Å². The van der Waals surface area contributed by atoms with Crippen molar-refractivity contribution in [3.05, 3.63) is 68.9 Å². The van der Waals surface area contributed by atoms with Crippen molar-refractivity contribution >= 4 is 33.4 Å². The zero-order valence-electron chi connectivity index (χ0n) is 13.6. The summed E-state index contributed by atoms with van der Waals surface area (Å²) in [5.74, 6) is -0.818. The lowest BCUT2D eigenvalue weighted by Gasteiger charge is -2.32. The molecule has 0 unspecified atom stereocenters. The fourth-order valence-electron chi connectivity index (χ4n) is 3.03. The second kappa shape index (κ2) is 8.30. The Morgan fingerprint density at radius 1 is 1.24 bits per heavy atom. The molecule has 0 saturated carbocycles. The second-order valence-corrected chi connectivity index (χ2v) is 7.53. The zero-order chi connectivity index (χ0) is 17.8. The van der Waals surface area contributed by atoms with E-state index in [2.05, 4.69) is 26.1 Å². The Morgan fingerprint density at radius 2 is 1.96 bits per heavy atom. The Bertz CT molecular complexity index is 763. The van der Waals surface area contributed by atoms with E-state index in [4.69, 9.17) is 11.6 Å². The van der Waals surface area contributed by atoms with Gasteiger partial charge in [-0.05, 0) is 42.7 Å². The van der Waals surface area contributed by atoms with Crippen LogP contribution in [0.25, 0.3) is 0 Å². The maximum Gasteiger partial charge on any atom is 0.254 e. The van der Waals surface area contributed by atoms with Crippen molar-refractivity contribution < 1.29 is 9.18 Å². The Labute approximate surface area is 160 Å². The summed E-state index contributed by atoms with van der Waals surface area (Å²) >= 11 is 9.53. The number of halogens is 3. The number of likely N-dealkylation sites (tertiary alicyclic amines) is 1. The lowest BCUT2D eigenvalue weighted by Crippen LogP contribution is -2.44. The van der Waals surface area contributed by atoms with E-state index in [-0.39, 0.29) is 17.5 Å². The van der Waals surface area contributed by atoms with E-state index in [1.54, 1.807) is 12.1 Å². The van der Waals surface area contributed by atoms with Crippen LogP contribution >= 0.6 is 27.5 Å². The van der Waals surface area contributed by atoms with Crippen LogP contribution in [0.2, 0.25) is 5.02 Å². The van der Waals surface area contributed by atoms with Gasteiger partial charge in [-0.1, -0.05) is 45.7 Å². The van der Waals surface area contributed by atoms with Gasteiger partial charge in [0.15, 0.2) is 0 Å². The Morgan fingerprint density at radius 3 is 2.64 bits per heavy atom. The first-order valence-electron chi connectivity index (χ1n) is 8.24. The minimum atomic E-state index is -0.481. The van der Waals surface area contributed by atoms with Crippen LogP contribution in [0.4, 0.5) is 4.39 Å². The number of nitrogens with zero attached hydrogens (tertiary/aromatic N) is 1. The summed E-state index contributed by atoms with van der Waals surface area (Å²) < 4.78 is 14.7. The van der Waals surface area contributed by atoms with Crippen molar-refractivity contribution in [1.29, 1.82) is 0 Å². The van der Waals surface area contributed by atoms with E-state index >= 15 is 0 Å². The molecule has 3 rings (SSSR count). The van der Waals surface area contributed by atoms with Crippen molar-refractivity contribution in [2.75, 3.05) is 13.1 Å². The number of hydrogen-bond donors (Lipinski definition) is 1. The number of carbonyl (C=O) groups is 1. The summed E-state index contributed by atoms with van der Waals surface area (Å²) in [5.41, 5.74) is 1.30. The molecule has 2 aromatic rings. The third kappa shape index (κ3) is 4.81. The third-order valence-corrected chi connectivity index (χ3v) is 5.42. The quantitative estimate of drug-likeness (QED) is 0.774. The van der Waals surface area contributed by atoms with Gasteiger partial charge in [0.2, 0.25) is 0 Å². The molecule has 0 bridgehead atoms. The number of nitrogens with one attached hydrogen (secondary N) is 1. The van der Waals surface area contributed by atoms with Gasteiger partial charge in [0.05, 0.1) is 5.56 Å². The van der Waals surface area contributed by atoms with Gasteiger partial charge in [-0.25, -0.2) is 4.39 Å². The summed E-state index contributed by atoms with van der Waals surface area (Å²) in [6.45, 7) is 2.61. The van der Waals surface area contributed by atoms with E-state index in [0.717, 1.165) is 36.9 Å². The predicted octanol–water partition coefficient (Wildman–Crippen LogP) is 4.64. The number of benzene rings is 2. The molecule has 1 N–H and O–H groups in total. The molecule has 25 heavy (non-hydrogen) atoms. The molecular formula is C19H19BrClFN2O. The van der Waals surface area contributed by atoms with Gasteiger partial charge in [-0.2, -0.15) is 0 Å². The fourth-order valence-corrected chi connectivity index (χ4v) is 3.84. The molecule has 0 aromatic heterocycles. The predicted molar refractivity (Wildman–Crippen MR) is 101 cm³/mol. The van der Waals surface area contributed by atoms with Gasteiger partial charge in [-0.15, -0.1) is 0 Å². The average molecular weight is 426 g/mol. The molecule has 1 fully saturated rings. The molecule has 1 aliphatic heterocycles. The lowest BCUT2D eigenvalue weighted by molar-refractivity contribution is 0.0905. The van der Waals surface area contributed by atoms with Crippen molar-refractivity contribution in [3.63, 3.8) is 0 Å². The largest absolute Gasteiger partial charge is 0.349 e. The smallest absolute Gasteiger partial charge is 0.254 e. The van der Waals surface area contributed by atoms with E-state index in [9.17, 15) is 9.18 Å². The summed E-state index contributed by atoms with van der Waals surface area (Å²) in [7, 11) is 0. The first-order valence-corrected chi connectivity index (χ1v) is 9.41. The Balaban J connectivity index is 1.52. The van der Waals surface area contributed by atoms with E-state index in [1.807, 2.05) is 18.2 Å². The minimum Gasteiger partial charge on any atom is -0.349 e. The zero-order valence-corrected chi connectivity index (χ0v) is 16.0. The van der Waals surface area contributed by atoms with Gasteiger partial charge in [0.1, 0.15) is 5.82 Å². The van der Waals surface area contributed by atoms with Crippen molar-refractivity contribution in [1.82, 2.24) is 10.2 Å². The highest BCUT2D eigenvalue weighted by Gasteiger charge is 2.22. The first-order chi connectivity index (χ1) is 12.0. The molecule has 3 nitrogen and oxygen atoms in total. The number of hydrogen-bond acceptors (Lipinski definition) is 2. The van der Waals surface area contributed by atoms with Gasteiger partial charge in [0, 0.05) is 35.2 Å². The molecule has 1 amide bonds. The van der Waals surface area contributed by atoms with Crippen LogP contribution in [0.1, 0.15) is 28.8 Å². The van der Waals surface area contributed by atoms with Gasteiger partial charge in [-0.3, -0.25) is 9.69 Å². The van der Waals surface area contributed by atoms with Crippen molar-refractivity contribution in [3.8, 4) is 0 Å². The molecule has 0 aliphatic carbocycles. The molecule has 1 aliphatic rings. The van der Waals surface area contributed by atoms with Crippen LogP contribution in [-0.2, 0) is 6.54 Å². The molecule has 0 spiro atoms. The standard InChI is InChI=1S/C19H19BrClFN2O/c20-17-11-14(21)6-5-13(17)12-24-9-7-15(8-10-24)23-19(25)16-3-1-2-4-18(16)22/h1-6,11,15H,7-10,12H2,(H,23,25). The van der Waals surface area contributed by atoms with Crippen molar-refractivity contribution in [2.45, 2.75) is 25.4 Å². The van der Waals surface area contributed by atoms with Crippen LogP contribution in [0.5, 0.6) is 0 Å². The highest BCUT2D eigenvalue weighted by molar-refractivity contribution is 9.10. The number of carbonyl (C=O) groups excluding carboxylic acids is 1. The van der Waals surface area contributed by atoms with Gasteiger partial charge in [0.25, 0.3) is 5.91 Å². The summed E-state index contributed by atoms with van der Waals surface area (Å²) in [6, 6.07) is 12.0. The number of piperidine rings is 1. The highest BCUT2D eigenvalue weighted by atomic mass is 79.9. The molecule has 0 atom stereocenters. The van der Waals surface area contributed by atoms with Crippen LogP contribution in [-0.4, -0.2) is 29.9 Å². The summed E-state index contributed by atoms with van der Waals surface area (Å²) in [6.07, 6.45) is 1.71. The lowest BCUT2D eigenvalue weighted by atomic mass is 10.0. The SMILES string of the molecule is O=C(NC1CCN(Cc2ccc(Cl)cc2Br)CC1)c1ccccc1F. The fraction of sp³-hybridized carbons (Fsp3) is 0.316. The maximum atomic E-state index is 13.7. The molecule has 1 heterocycles. The van der Waals surface area contributed by atoms with Crippen LogP contribution in [0, 0.1) is 5.82 Å². The molecule has 2 aromatic carbocycles. The van der Waals surface area contributed by atoms with E-state index in [0.29, 0.717) is 5.02 Å².